The molecule has 1 aromatic rings. The minimum absolute atomic E-state index is 0.195. The first-order valence-corrected chi connectivity index (χ1v) is 7.85. The average Bonchev–Trinajstić information content (AvgIpc) is 3.03. The Morgan fingerprint density at radius 3 is 2.14 bits per heavy atom. The Morgan fingerprint density at radius 2 is 1.71 bits per heavy atom. The van der Waals surface area contributed by atoms with E-state index in [1.165, 1.54) is 33.3 Å². The Kier molecular flexibility index (Phi) is 3.64. The number of ether oxygens (including phenoxy) is 2. The second-order valence-corrected chi connectivity index (χ2v) is 7.62. The molecule has 1 heterocycles. The molecule has 0 aromatic heterocycles. The monoisotopic (exact) mass is 313 g/mol. The van der Waals surface area contributed by atoms with E-state index < -0.39 is 27.2 Å². The molecule has 1 aliphatic heterocycles. The van der Waals surface area contributed by atoms with Crippen molar-refractivity contribution in [3.05, 3.63) is 29.8 Å². The molecule has 0 radical (unpaired) electrons. The summed E-state index contributed by atoms with van der Waals surface area (Å²) in [5, 5.41) is 0. The van der Waals surface area contributed by atoms with E-state index in [4.69, 9.17) is 9.47 Å². The zero-order valence-electron chi connectivity index (χ0n) is 12.7. The number of nitrogens with zero attached hydrogens (tertiary/aromatic N) is 1. The van der Waals surface area contributed by atoms with Crippen molar-refractivity contribution in [3.63, 3.8) is 0 Å². The van der Waals surface area contributed by atoms with Gasteiger partial charge in [0.1, 0.15) is 5.60 Å². The van der Waals surface area contributed by atoms with Crippen molar-refractivity contribution in [1.82, 2.24) is 4.31 Å². The molecule has 0 aliphatic carbocycles. The highest BCUT2D eigenvalue weighted by atomic mass is 32.2. The van der Waals surface area contributed by atoms with E-state index in [0.29, 0.717) is 0 Å². The van der Waals surface area contributed by atoms with Crippen molar-refractivity contribution in [2.75, 3.05) is 21.2 Å². The van der Waals surface area contributed by atoms with Crippen LogP contribution in [-0.2, 0) is 29.9 Å². The van der Waals surface area contributed by atoms with Crippen LogP contribution in [0.4, 0.5) is 0 Å². The fourth-order valence-corrected chi connectivity index (χ4v) is 3.21. The van der Waals surface area contributed by atoms with Crippen molar-refractivity contribution in [2.24, 2.45) is 0 Å². The molecule has 2 unspecified atom stereocenters. The number of esters is 1. The van der Waals surface area contributed by atoms with Gasteiger partial charge in [-0.15, -0.1) is 0 Å². The van der Waals surface area contributed by atoms with Crippen LogP contribution in [0.25, 0.3) is 0 Å². The number of hydrogen-bond acceptors (Lipinski definition) is 5. The summed E-state index contributed by atoms with van der Waals surface area (Å²) >= 11 is 0. The van der Waals surface area contributed by atoms with E-state index in [-0.39, 0.29) is 4.90 Å². The van der Waals surface area contributed by atoms with Crippen LogP contribution in [0.1, 0.15) is 19.4 Å². The summed E-state index contributed by atoms with van der Waals surface area (Å²) in [6.07, 6.45) is 0. The lowest BCUT2D eigenvalue weighted by atomic mass is 9.89. The van der Waals surface area contributed by atoms with Gasteiger partial charge in [-0.05, 0) is 31.5 Å². The van der Waals surface area contributed by atoms with E-state index in [9.17, 15) is 13.2 Å². The summed E-state index contributed by atoms with van der Waals surface area (Å²) in [5.74, 6) is -0.449. The molecule has 1 fully saturated rings. The van der Waals surface area contributed by atoms with Gasteiger partial charge >= 0.3 is 5.97 Å². The normalized spacial score (nSPS) is 28.5. The number of hydrogen-bond donors (Lipinski definition) is 0. The molecule has 2 atom stereocenters. The zero-order chi connectivity index (χ0) is 16.1. The lowest BCUT2D eigenvalue weighted by Gasteiger charge is -2.14. The second kappa shape index (κ2) is 4.79. The molecule has 1 saturated heterocycles. The molecule has 0 N–H and O–H groups in total. The van der Waals surface area contributed by atoms with E-state index in [2.05, 4.69) is 0 Å². The van der Waals surface area contributed by atoms with Gasteiger partial charge in [-0.25, -0.2) is 17.5 Å². The van der Waals surface area contributed by atoms with E-state index in [1.807, 2.05) is 0 Å². The minimum Gasteiger partial charge on any atom is -0.467 e. The van der Waals surface area contributed by atoms with Crippen LogP contribution >= 0.6 is 0 Å². The summed E-state index contributed by atoms with van der Waals surface area (Å²) in [5.41, 5.74) is -1.11. The molecule has 7 heteroatoms. The Hall–Kier alpha value is -1.44. The van der Waals surface area contributed by atoms with Crippen molar-refractivity contribution in [3.8, 4) is 0 Å². The molecule has 1 aliphatic rings. The smallest absolute Gasteiger partial charge is 0.341 e. The van der Waals surface area contributed by atoms with Gasteiger partial charge < -0.3 is 9.47 Å². The largest absolute Gasteiger partial charge is 0.467 e. The summed E-state index contributed by atoms with van der Waals surface area (Å²) in [6.45, 7) is 3.43. The van der Waals surface area contributed by atoms with Crippen LogP contribution in [0.15, 0.2) is 29.2 Å². The molecule has 0 bridgehead atoms. The van der Waals surface area contributed by atoms with Crippen LogP contribution in [-0.4, -0.2) is 45.5 Å². The molecule has 116 valence electrons. The van der Waals surface area contributed by atoms with Crippen molar-refractivity contribution < 1.29 is 22.7 Å². The van der Waals surface area contributed by atoms with Crippen LogP contribution in [0.5, 0.6) is 0 Å². The third kappa shape index (κ3) is 2.25. The molecular weight excluding hydrogens is 294 g/mol. The van der Waals surface area contributed by atoms with Gasteiger partial charge in [0.05, 0.1) is 12.0 Å². The third-order valence-corrected chi connectivity index (χ3v) is 5.86. The Balaban J connectivity index is 2.32. The quantitative estimate of drug-likeness (QED) is 0.615. The topological polar surface area (TPSA) is 76.2 Å². The van der Waals surface area contributed by atoms with Gasteiger partial charge in [0.2, 0.25) is 10.0 Å². The lowest BCUT2D eigenvalue weighted by Crippen LogP contribution is -2.29. The fraction of sp³-hybridized carbons (Fsp3) is 0.500. The predicted octanol–water partition coefficient (Wildman–Crippen LogP) is 1.11. The van der Waals surface area contributed by atoms with E-state index >= 15 is 0 Å². The molecule has 21 heavy (non-hydrogen) atoms. The van der Waals surface area contributed by atoms with Gasteiger partial charge in [0, 0.05) is 14.1 Å². The van der Waals surface area contributed by atoms with Crippen LogP contribution in [0.2, 0.25) is 0 Å². The Bertz CT molecular complexity index is 667. The summed E-state index contributed by atoms with van der Waals surface area (Å²) < 4.78 is 35.5. The molecule has 2 rings (SSSR count). The Morgan fingerprint density at radius 1 is 1.19 bits per heavy atom. The van der Waals surface area contributed by atoms with E-state index in [0.717, 1.165) is 9.87 Å². The highest BCUT2D eigenvalue weighted by molar-refractivity contribution is 7.89. The lowest BCUT2D eigenvalue weighted by molar-refractivity contribution is -0.146. The first-order valence-electron chi connectivity index (χ1n) is 6.41. The SMILES string of the molecule is COC(=O)C1(C)OC1(C)c1ccc(S(=O)(=O)N(C)C)cc1. The number of epoxide rings is 1. The first kappa shape index (κ1) is 15.9. The van der Waals surface area contributed by atoms with Gasteiger partial charge in [0.25, 0.3) is 0 Å². The van der Waals surface area contributed by atoms with Crippen LogP contribution in [0, 0.1) is 0 Å². The first-order chi connectivity index (χ1) is 9.59. The zero-order valence-corrected chi connectivity index (χ0v) is 13.5. The highest BCUT2D eigenvalue weighted by Crippen LogP contribution is 2.55. The summed E-state index contributed by atoms with van der Waals surface area (Å²) in [6, 6.07) is 6.33. The molecule has 0 spiro atoms. The standard InChI is InChI=1S/C14H19NO5S/c1-13(14(2,20-13)12(16)19-5)10-6-8-11(9-7-10)21(17,18)15(3)4/h6-9H,1-5H3. The third-order valence-electron chi connectivity index (χ3n) is 4.04. The maximum absolute atomic E-state index is 12.0. The number of carbonyl (C=O) groups excluding carboxylic acids is 1. The number of benzene rings is 1. The molecular formula is C14H19NO5S. The molecule has 0 amide bonds. The molecule has 0 saturated carbocycles. The van der Waals surface area contributed by atoms with Crippen molar-refractivity contribution in [1.29, 1.82) is 0 Å². The van der Waals surface area contributed by atoms with E-state index in [1.54, 1.807) is 26.0 Å². The van der Waals surface area contributed by atoms with Crippen molar-refractivity contribution in [2.45, 2.75) is 29.9 Å². The number of sulfonamides is 1. The van der Waals surface area contributed by atoms with Crippen molar-refractivity contribution >= 4 is 16.0 Å². The van der Waals surface area contributed by atoms with Gasteiger partial charge in [-0.3, -0.25) is 0 Å². The maximum Gasteiger partial charge on any atom is 0.341 e. The summed E-state index contributed by atoms with van der Waals surface area (Å²) in [4.78, 5) is 11.9. The van der Waals surface area contributed by atoms with Gasteiger partial charge in [-0.1, -0.05) is 12.1 Å². The molecule has 1 aromatic carbocycles. The second-order valence-electron chi connectivity index (χ2n) is 5.47. The Labute approximate surface area is 124 Å². The maximum atomic E-state index is 12.0. The fourth-order valence-electron chi connectivity index (χ4n) is 2.30. The summed E-state index contributed by atoms with van der Waals surface area (Å²) in [7, 11) is 0.791. The number of methoxy groups -OCH3 is 1. The molecule has 6 nitrogen and oxygen atoms in total. The predicted molar refractivity (Wildman–Crippen MR) is 76.2 cm³/mol. The highest BCUT2D eigenvalue weighted by Gasteiger charge is 2.70. The van der Waals surface area contributed by atoms with Gasteiger partial charge in [-0.2, -0.15) is 0 Å². The van der Waals surface area contributed by atoms with Crippen LogP contribution < -0.4 is 0 Å². The van der Waals surface area contributed by atoms with Gasteiger partial charge in [0.15, 0.2) is 5.60 Å². The number of rotatable bonds is 4. The minimum atomic E-state index is -3.47. The number of carbonyl (C=O) groups is 1. The van der Waals surface area contributed by atoms with Crippen LogP contribution in [0.3, 0.4) is 0 Å². The average molecular weight is 313 g/mol.